The zero-order valence-corrected chi connectivity index (χ0v) is 6.72. The number of nitrogens with zero attached hydrogens (tertiary/aromatic N) is 1. The van der Waals surface area contributed by atoms with E-state index in [1.54, 1.807) is 23.9 Å². The van der Waals surface area contributed by atoms with E-state index in [0.29, 0.717) is 10.7 Å². The molecular weight excluding hydrogens is 166 g/mol. The first-order chi connectivity index (χ1) is 5.15. The summed E-state index contributed by atoms with van der Waals surface area (Å²) in [7, 11) is 1.72. The molecule has 0 saturated heterocycles. The largest absolute Gasteiger partial charge is 0.345 e. The standard InChI is InChI=1S/C6H8ClN3O/c1-10-3-4(7)2-5(10)6(11)9-8/h2-3H,8H2,1H3,(H,9,11). The van der Waals surface area contributed by atoms with Gasteiger partial charge in [-0.15, -0.1) is 0 Å². The molecule has 4 nitrogen and oxygen atoms in total. The fraction of sp³-hybridized carbons (Fsp3) is 0.167. The molecule has 0 aromatic carbocycles. The number of carbonyl (C=O) groups is 1. The molecule has 0 fully saturated rings. The van der Waals surface area contributed by atoms with Crippen molar-refractivity contribution in [3.05, 3.63) is 23.0 Å². The second kappa shape index (κ2) is 2.94. The first-order valence-electron chi connectivity index (χ1n) is 2.98. The summed E-state index contributed by atoms with van der Waals surface area (Å²) >= 11 is 5.63. The highest BCUT2D eigenvalue weighted by atomic mass is 35.5. The predicted molar refractivity (Wildman–Crippen MR) is 42.1 cm³/mol. The van der Waals surface area contributed by atoms with E-state index >= 15 is 0 Å². The van der Waals surface area contributed by atoms with Gasteiger partial charge in [-0.1, -0.05) is 11.6 Å². The van der Waals surface area contributed by atoms with Crippen LogP contribution < -0.4 is 11.3 Å². The van der Waals surface area contributed by atoms with Gasteiger partial charge in [-0.25, -0.2) is 5.84 Å². The molecule has 0 aliphatic rings. The van der Waals surface area contributed by atoms with Crippen LogP contribution in [0.15, 0.2) is 12.3 Å². The molecule has 0 unspecified atom stereocenters. The minimum Gasteiger partial charge on any atom is -0.345 e. The Kier molecular flexibility index (Phi) is 2.16. The first kappa shape index (κ1) is 8.10. The number of rotatable bonds is 1. The van der Waals surface area contributed by atoms with Crippen LogP contribution in [0, 0.1) is 0 Å². The van der Waals surface area contributed by atoms with E-state index in [1.807, 2.05) is 5.43 Å². The van der Waals surface area contributed by atoms with Crippen molar-refractivity contribution in [1.82, 2.24) is 9.99 Å². The summed E-state index contributed by atoms with van der Waals surface area (Å²) in [6.45, 7) is 0. The average molecular weight is 174 g/mol. The fourth-order valence-corrected chi connectivity index (χ4v) is 1.07. The molecule has 11 heavy (non-hydrogen) atoms. The Balaban J connectivity index is 3.03. The number of nitrogen functional groups attached to an aromatic ring is 1. The average Bonchev–Trinajstić information content (AvgIpc) is 2.28. The lowest BCUT2D eigenvalue weighted by molar-refractivity contribution is 0.0945. The first-order valence-corrected chi connectivity index (χ1v) is 3.35. The molecule has 0 atom stereocenters. The predicted octanol–water partition coefficient (Wildman–Crippen LogP) is 0.282. The fourth-order valence-electron chi connectivity index (χ4n) is 0.824. The molecule has 0 saturated carbocycles. The van der Waals surface area contributed by atoms with Gasteiger partial charge in [0.2, 0.25) is 0 Å². The molecule has 5 heteroatoms. The van der Waals surface area contributed by atoms with E-state index in [-0.39, 0.29) is 5.91 Å². The summed E-state index contributed by atoms with van der Waals surface area (Å²) in [5.41, 5.74) is 2.46. The number of carbonyl (C=O) groups excluding carboxylic acids is 1. The van der Waals surface area contributed by atoms with Gasteiger partial charge in [0.15, 0.2) is 0 Å². The maximum Gasteiger partial charge on any atom is 0.281 e. The lowest BCUT2D eigenvalue weighted by Gasteiger charge is -1.98. The van der Waals surface area contributed by atoms with Crippen LogP contribution in [0.4, 0.5) is 0 Å². The topological polar surface area (TPSA) is 60.0 Å². The summed E-state index contributed by atoms with van der Waals surface area (Å²) in [5.74, 6) is 4.58. The number of hydrogen-bond acceptors (Lipinski definition) is 2. The van der Waals surface area contributed by atoms with E-state index in [9.17, 15) is 4.79 Å². The van der Waals surface area contributed by atoms with Crippen molar-refractivity contribution < 1.29 is 4.79 Å². The number of nitrogens with one attached hydrogen (secondary N) is 1. The van der Waals surface area contributed by atoms with Crippen molar-refractivity contribution in [1.29, 1.82) is 0 Å². The maximum atomic E-state index is 10.9. The molecule has 60 valence electrons. The van der Waals surface area contributed by atoms with Gasteiger partial charge >= 0.3 is 0 Å². The quantitative estimate of drug-likeness (QED) is 0.364. The smallest absolute Gasteiger partial charge is 0.281 e. The number of hydrogen-bond donors (Lipinski definition) is 2. The molecule has 1 aromatic heterocycles. The van der Waals surface area contributed by atoms with E-state index in [0.717, 1.165) is 0 Å². The van der Waals surface area contributed by atoms with Crippen molar-refractivity contribution in [2.45, 2.75) is 0 Å². The molecule has 1 amide bonds. The van der Waals surface area contributed by atoms with Gasteiger partial charge in [-0.3, -0.25) is 10.2 Å². The molecule has 1 rings (SSSR count). The lowest BCUT2D eigenvalue weighted by Crippen LogP contribution is -2.31. The number of aryl methyl sites for hydroxylation is 1. The number of nitrogens with two attached hydrogens (primary N) is 1. The highest BCUT2D eigenvalue weighted by molar-refractivity contribution is 6.31. The second-order valence-corrected chi connectivity index (χ2v) is 2.56. The van der Waals surface area contributed by atoms with Crippen LogP contribution in [0.1, 0.15) is 10.5 Å². The van der Waals surface area contributed by atoms with Gasteiger partial charge in [-0.2, -0.15) is 0 Å². The third-order valence-corrected chi connectivity index (χ3v) is 1.54. The van der Waals surface area contributed by atoms with Crippen LogP contribution in [-0.4, -0.2) is 10.5 Å². The van der Waals surface area contributed by atoms with E-state index in [1.165, 1.54) is 0 Å². The van der Waals surface area contributed by atoms with Crippen LogP contribution >= 0.6 is 11.6 Å². The van der Waals surface area contributed by atoms with Crippen molar-refractivity contribution in [3.63, 3.8) is 0 Å². The van der Waals surface area contributed by atoms with Crippen molar-refractivity contribution in [2.75, 3.05) is 0 Å². The molecule has 1 heterocycles. The summed E-state index contributed by atoms with van der Waals surface area (Å²) in [6, 6.07) is 1.55. The molecule has 0 bridgehead atoms. The lowest BCUT2D eigenvalue weighted by atomic mass is 10.4. The summed E-state index contributed by atoms with van der Waals surface area (Å²) < 4.78 is 1.60. The molecule has 0 spiro atoms. The molecular formula is C6H8ClN3O. The number of aromatic nitrogens is 1. The van der Waals surface area contributed by atoms with Crippen LogP contribution in [0.25, 0.3) is 0 Å². The minimum atomic E-state index is -0.348. The SMILES string of the molecule is Cn1cc(Cl)cc1C(=O)NN. The highest BCUT2D eigenvalue weighted by Gasteiger charge is 2.08. The summed E-state index contributed by atoms with van der Waals surface area (Å²) in [5, 5.41) is 0.520. The molecule has 3 N–H and O–H groups in total. The van der Waals surface area contributed by atoms with Gasteiger partial charge in [-0.05, 0) is 6.07 Å². The van der Waals surface area contributed by atoms with Gasteiger partial charge in [0.25, 0.3) is 5.91 Å². The Morgan fingerprint density at radius 2 is 2.45 bits per heavy atom. The second-order valence-electron chi connectivity index (χ2n) is 2.13. The van der Waals surface area contributed by atoms with E-state index < -0.39 is 0 Å². The molecule has 1 aromatic rings. The van der Waals surface area contributed by atoms with Crippen molar-refractivity contribution in [2.24, 2.45) is 12.9 Å². The Morgan fingerprint density at radius 3 is 2.82 bits per heavy atom. The van der Waals surface area contributed by atoms with Crippen molar-refractivity contribution in [3.8, 4) is 0 Å². The third kappa shape index (κ3) is 1.53. The third-order valence-electron chi connectivity index (χ3n) is 1.34. The Bertz CT molecular complexity index is 281. The molecule has 0 aliphatic carbocycles. The number of halogens is 1. The number of hydrazine groups is 1. The van der Waals surface area contributed by atoms with E-state index in [4.69, 9.17) is 17.4 Å². The molecule has 0 radical (unpaired) electrons. The zero-order chi connectivity index (χ0) is 8.43. The normalized spacial score (nSPS) is 9.73. The van der Waals surface area contributed by atoms with Gasteiger partial charge in [0.1, 0.15) is 5.69 Å². The van der Waals surface area contributed by atoms with Crippen LogP contribution in [0.5, 0.6) is 0 Å². The van der Waals surface area contributed by atoms with Crippen molar-refractivity contribution >= 4 is 17.5 Å². The molecule has 0 aliphatic heterocycles. The van der Waals surface area contributed by atoms with Crippen LogP contribution in [0.2, 0.25) is 5.02 Å². The monoisotopic (exact) mass is 173 g/mol. The summed E-state index contributed by atoms with van der Waals surface area (Å²) in [4.78, 5) is 10.9. The van der Waals surface area contributed by atoms with E-state index in [2.05, 4.69) is 0 Å². The minimum absolute atomic E-state index is 0.348. The maximum absolute atomic E-state index is 10.9. The van der Waals surface area contributed by atoms with Gasteiger partial charge in [0.05, 0.1) is 5.02 Å². The Morgan fingerprint density at radius 1 is 1.82 bits per heavy atom. The van der Waals surface area contributed by atoms with Gasteiger partial charge < -0.3 is 4.57 Å². The number of amides is 1. The van der Waals surface area contributed by atoms with Crippen LogP contribution in [-0.2, 0) is 7.05 Å². The Hall–Kier alpha value is -1.00. The highest BCUT2D eigenvalue weighted by Crippen LogP contribution is 2.11. The zero-order valence-electron chi connectivity index (χ0n) is 5.97. The van der Waals surface area contributed by atoms with Gasteiger partial charge in [0, 0.05) is 13.2 Å². The summed E-state index contributed by atoms with van der Waals surface area (Å²) in [6.07, 6.45) is 1.63. The Labute approximate surface area is 68.9 Å². The van der Waals surface area contributed by atoms with Crippen LogP contribution in [0.3, 0.4) is 0 Å².